The lowest BCUT2D eigenvalue weighted by Gasteiger charge is -2.16. The van der Waals surface area contributed by atoms with E-state index in [0.29, 0.717) is 20.8 Å². The summed E-state index contributed by atoms with van der Waals surface area (Å²) >= 11 is 2.65. The molecule has 0 spiro atoms. The minimum absolute atomic E-state index is 0.0344. The molecule has 3 rings (SSSR count). The Morgan fingerprint density at radius 3 is 2.68 bits per heavy atom. The Morgan fingerprint density at radius 2 is 2.04 bits per heavy atom. The number of hydrogen-bond donors (Lipinski definition) is 1. The molecule has 1 fully saturated rings. The summed E-state index contributed by atoms with van der Waals surface area (Å²) in [5.41, 5.74) is 0.625. The fraction of sp³-hybridized carbons (Fsp3) is 0.562. The largest absolute Gasteiger partial charge is 0.296 e. The predicted molar refractivity (Wildman–Crippen MR) is 99.5 cm³/mol. The number of carbonyl (C=O) groups is 2. The molecule has 2 amide bonds. The van der Waals surface area contributed by atoms with Crippen LogP contribution < -0.4 is 10.2 Å². The Hall–Kier alpha value is -1.87. The van der Waals surface area contributed by atoms with Crippen molar-refractivity contribution >= 4 is 44.8 Å². The lowest BCUT2D eigenvalue weighted by molar-refractivity contribution is -0.116. The van der Waals surface area contributed by atoms with Crippen LogP contribution in [-0.2, 0) is 11.2 Å². The van der Waals surface area contributed by atoms with Gasteiger partial charge < -0.3 is 0 Å². The molecule has 0 bridgehead atoms. The molecule has 1 N–H and O–H groups in total. The summed E-state index contributed by atoms with van der Waals surface area (Å²) in [4.78, 5) is 31.1. The van der Waals surface area contributed by atoms with Crippen LogP contribution in [0.15, 0.2) is 0 Å². The second kappa shape index (κ2) is 7.57. The van der Waals surface area contributed by atoms with Crippen molar-refractivity contribution in [3.05, 3.63) is 15.6 Å². The quantitative estimate of drug-likeness (QED) is 0.796. The van der Waals surface area contributed by atoms with Crippen LogP contribution in [0.2, 0.25) is 0 Å². The highest BCUT2D eigenvalue weighted by Crippen LogP contribution is 2.35. The van der Waals surface area contributed by atoms with Gasteiger partial charge in [-0.25, -0.2) is 4.98 Å². The van der Waals surface area contributed by atoms with Crippen molar-refractivity contribution in [2.24, 2.45) is 0 Å². The van der Waals surface area contributed by atoms with Crippen molar-refractivity contribution in [2.75, 3.05) is 10.2 Å². The maximum atomic E-state index is 12.5. The van der Waals surface area contributed by atoms with E-state index in [-0.39, 0.29) is 17.9 Å². The maximum Gasteiger partial charge on any atom is 0.269 e. The zero-order valence-corrected chi connectivity index (χ0v) is 16.2. The van der Waals surface area contributed by atoms with Crippen molar-refractivity contribution in [1.82, 2.24) is 15.2 Å². The van der Waals surface area contributed by atoms with Crippen molar-refractivity contribution in [3.8, 4) is 0 Å². The van der Waals surface area contributed by atoms with Crippen LogP contribution >= 0.6 is 22.7 Å². The van der Waals surface area contributed by atoms with E-state index in [9.17, 15) is 9.59 Å². The van der Waals surface area contributed by atoms with Gasteiger partial charge in [0.05, 0.1) is 5.69 Å². The summed E-state index contributed by atoms with van der Waals surface area (Å²) in [7, 11) is 0. The zero-order valence-electron chi connectivity index (χ0n) is 14.5. The lowest BCUT2D eigenvalue weighted by Crippen LogP contribution is -2.30. The molecule has 1 aliphatic carbocycles. The number of rotatable bonds is 7. The van der Waals surface area contributed by atoms with Crippen LogP contribution in [0.3, 0.4) is 0 Å². The average Bonchev–Trinajstić information content (AvgIpc) is 3.15. The molecule has 0 aliphatic heterocycles. The summed E-state index contributed by atoms with van der Waals surface area (Å²) in [5.74, 6) is -0.286. The van der Waals surface area contributed by atoms with E-state index in [1.54, 1.807) is 11.8 Å². The minimum atomic E-state index is -0.251. The monoisotopic (exact) mass is 379 g/mol. The van der Waals surface area contributed by atoms with Gasteiger partial charge in [-0.15, -0.1) is 10.2 Å². The Morgan fingerprint density at radius 1 is 1.28 bits per heavy atom. The van der Waals surface area contributed by atoms with E-state index in [1.807, 2.05) is 0 Å². The van der Waals surface area contributed by atoms with E-state index in [4.69, 9.17) is 0 Å². The molecule has 1 saturated carbocycles. The van der Waals surface area contributed by atoms with Crippen LogP contribution in [0.25, 0.3) is 0 Å². The third kappa shape index (κ3) is 4.21. The van der Waals surface area contributed by atoms with Gasteiger partial charge in [0.15, 0.2) is 5.13 Å². The smallest absolute Gasteiger partial charge is 0.269 e. The molecule has 9 heteroatoms. The number of carbonyl (C=O) groups excluding carboxylic acids is 2. The van der Waals surface area contributed by atoms with Gasteiger partial charge in [-0.05, 0) is 26.2 Å². The summed E-state index contributed by atoms with van der Waals surface area (Å²) in [5, 5.41) is 12.9. The fourth-order valence-corrected chi connectivity index (χ4v) is 4.32. The molecule has 25 heavy (non-hydrogen) atoms. The highest BCUT2D eigenvalue weighted by molar-refractivity contribution is 7.18. The first-order valence-corrected chi connectivity index (χ1v) is 10.0. The van der Waals surface area contributed by atoms with E-state index in [2.05, 4.69) is 27.4 Å². The molecular weight excluding hydrogens is 358 g/mol. The maximum absolute atomic E-state index is 12.5. The highest BCUT2D eigenvalue weighted by Gasteiger charge is 2.34. The molecule has 134 valence electrons. The standard InChI is InChI=1S/C16H21N5O2S2/c1-4-5-6-12-19-20-15(24-12)18-14(23)13-9(2)17-16(25-13)21(10(3)22)11-7-8-11/h11H,4-8H2,1-3H3,(H,18,20,23). The third-order valence-corrected chi connectivity index (χ3v) is 5.93. The molecule has 0 aromatic carbocycles. The molecule has 0 radical (unpaired) electrons. The van der Waals surface area contributed by atoms with Crippen molar-refractivity contribution in [3.63, 3.8) is 0 Å². The lowest BCUT2D eigenvalue weighted by atomic mass is 10.3. The molecule has 7 nitrogen and oxygen atoms in total. The number of amides is 2. The van der Waals surface area contributed by atoms with Crippen molar-refractivity contribution in [1.29, 1.82) is 0 Å². The van der Waals surface area contributed by atoms with Gasteiger partial charge in [-0.3, -0.25) is 19.8 Å². The Labute approximate surface area is 154 Å². The first kappa shape index (κ1) is 17.9. The van der Waals surface area contributed by atoms with Crippen molar-refractivity contribution < 1.29 is 9.59 Å². The molecule has 0 saturated heterocycles. The molecule has 1 aliphatic rings. The summed E-state index contributed by atoms with van der Waals surface area (Å²) in [6, 6.07) is 0.225. The number of anilines is 2. The summed E-state index contributed by atoms with van der Waals surface area (Å²) in [6.07, 6.45) is 5.01. The number of unbranched alkanes of at least 4 members (excludes halogenated alkanes) is 1. The van der Waals surface area contributed by atoms with Crippen LogP contribution in [0.4, 0.5) is 10.3 Å². The molecule has 0 unspecified atom stereocenters. The number of nitrogens with zero attached hydrogens (tertiary/aromatic N) is 4. The van der Waals surface area contributed by atoms with Gasteiger partial charge in [-0.1, -0.05) is 36.0 Å². The van der Waals surface area contributed by atoms with Crippen LogP contribution in [0, 0.1) is 6.92 Å². The Kier molecular flexibility index (Phi) is 5.43. The van der Waals surface area contributed by atoms with Crippen LogP contribution in [0.5, 0.6) is 0 Å². The molecule has 2 aromatic rings. The van der Waals surface area contributed by atoms with Crippen molar-refractivity contribution in [2.45, 2.75) is 58.9 Å². The van der Waals surface area contributed by atoms with Crippen LogP contribution in [-0.4, -0.2) is 33.0 Å². The fourth-order valence-electron chi connectivity index (χ4n) is 2.46. The van der Waals surface area contributed by atoms with E-state index < -0.39 is 0 Å². The van der Waals surface area contributed by atoms with Gasteiger partial charge >= 0.3 is 0 Å². The molecule has 0 atom stereocenters. The summed E-state index contributed by atoms with van der Waals surface area (Å²) < 4.78 is 0. The second-order valence-electron chi connectivity index (χ2n) is 6.09. The SMILES string of the molecule is CCCCc1nnc(NC(=O)c2sc(N(C(C)=O)C3CC3)nc2C)s1. The van der Waals surface area contributed by atoms with Gasteiger partial charge in [0.1, 0.15) is 9.88 Å². The summed E-state index contributed by atoms with van der Waals surface area (Å²) in [6.45, 7) is 5.45. The van der Waals surface area contributed by atoms with Crippen LogP contribution in [0.1, 0.15) is 59.9 Å². The second-order valence-corrected chi connectivity index (χ2v) is 8.13. The number of nitrogens with one attached hydrogen (secondary N) is 1. The first-order valence-electron chi connectivity index (χ1n) is 8.40. The predicted octanol–water partition coefficient (Wildman–Crippen LogP) is 3.41. The molecule has 2 heterocycles. The van der Waals surface area contributed by atoms with E-state index in [1.165, 1.54) is 29.6 Å². The number of aryl methyl sites for hydroxylation is 2. The highest BCUT2D eigenvalue weighted by atomic mass is 32.1. The zero-order chi connectivity index (χ0) is 18.0. The molecule has 2 aromatic heterocycles. The molecular formula is C16H21N5O2S2. The normalized spacial score (nSPS) is 13.7. The minimum Gasteiger partial charge on any atom is -0.296 e. The van der Waals surface area contributed by atoms with Gasteiger partial charge in [0.25, 0.3) is 5.91 Å². The first-order chi connectivity index (χ1) is 12.0. The average molecular weight is 380 g/mol. The van der Waals surface area contributed by atoms with E-state index >= 15 is 0 Å². The third-order valence-electron chi connectivity index (χ3n) is 3.88. The topological polar surface area (TPSA) is 88.1 Å². The number of hydrogen-bond acceptors (Lipinski definition) is 7. The Balaban J connectivity index is 1.72. The Bertz CT molecular complexity index is 781. The van der Waals surface area contributed by atoms with Gasteiger partial charge in [-0.2, -0.15) is 0 Å². The van der Waals surface area contributed by atoms with Gasteiger partial charge in [0.2, 0.25) is 11.0 Å². The number of aromatic nitrogens is 3. The van der Waals surface area contributed by atoms with E-state index in [0.717, 1.165) is 37.1 Å². The van der Waals surface area contributed by atoms with Gasteiger partial charge in [0, 0.05) is 19.4 Å². The number of thiazole rings is 1.